The fourth-order valence-corrected chi connectivity index (χ4v) is 0.402. The number of rotatable bonds is 5. The molecule has 0 radical (unpaired) electrons. The molecule has 0 aromatic heterocycles. The van der Waals surface area contributed by atoms with Crippen molar-refractivity contribution in [2.24, 2.45) is 11.5 Å². The molecule has 0 aromatic carbocycles. The molecule has 7 heteroatoms. The zero-order valence-electron chi connectivity index (χ0n) is 8.47. The quantitative estimate of drug-likeness (QED) is 0.474. The molecular weight excluding hydrogens is 204 g/mol. The van der Waals surface area contributed by atoms with Gasteiger partial charge in [-0.05, 0) is 6.42 Å². The molecule has 7 nitrogen and oxygen atoms in total. The molecule has 1 amide bonds. The van der Waals surface area contributed by atoms with Crippen LogP contribution in [0.2, 0.25) is 0 Å². The van der Waals surface area contributed by atoms with Crippen molar-refractivity contribution >= 4 is 17.8 Å². The molecule has 0 aliphatic carbocycles. The van der Waals surface area contributed by atoms with E-state index in [0.717, 1.165) is 0 Å². The summed E-state index contributed by atoms with van der Waals surface area (Å²) in [7, 11) is 0. The molecule has 0 aliphatic rings. The minimum atomic E-state index is -1.17. The number of amides is 1. The lowest BCUT2D eigenvalue weighted by atomic mass is 10.2. The number of nitrogens with two attached hydrogens (primary N) is 2. The molecule has 0 spiro atoms. The van der Waals surface area contributed by atoms with E-state index < -0.39 is 18.0 Å². The third-order valence-corrected chi connectivity index (χ3v) is 1.33. The zero-order chi connectivity index (χ0) is 12.4. The summed E-state index contributed by atoms with van der Waals surface area (Å²) in [5, 5.41) is 16.3. The van der Waals surface area contributed by atoms with E-state index in [9.17, 15) is 14.4 Å². The Bertz CT molecular complexity index is 229. The van der Waals surface area contributed by atoms with Crippen molar-refractivity contribution < 1.29 is 24.6 Å². The summed E-state index contributed by atoms with van der Waals surface area (Å²) in [6.45, 7) is 1.72. The third kappa shape index (κ3) is 15.2. The maximum Gasteiger partial charge on any atom is 0.320 e. The summed E-state index contributed by atoms with van der Waals surface area (Å²) >= 11 is 0. The summed E-state index contributed by atoms with van der Waals surface area (Å²) in [5.74, 6) is -2.44. The summed E-state index contributed by atoms with van der Waals surface area (Å²) < 4.78 is 0. The van der Waals surface area contributed by atoms with Crippen molar-refractivity contribution in [3.8, 4) is 0 Å². The fraction of sp³-hybridized carbons (Fsp3) is 0.625. The van der Waals surface area contributed by atoms with Gasteiger partial charge in [0.2, 0.25) is 5.91 Å². The highest BCUT2D eigenvalue weighted by Crippen LogP contribution is 1.93. The van der Waals surface area contributed by atoms with E-state index >= 15 is 0 Å². The first-order chi connectivity index (χ1) is 6.81. The molecule has 0 saturated carbocycles. The van der Waals surface area contributed by atoms with Crippen molar-refractivity contribution in [1.82, 2.24) is 0 Å². The van der Waals surface area contributed by atoms with Gasteiger partial charge in [0, 0.05) is 12.8 Å². The maximum atomic E-state index is 9.99. The second-order valence-corrected chi connectivity index (χ2v) is 2.70. The van der Waals surface area contributed by atoms with Gasteiger partial charge < -0.3 is 21.7 Å². The highest BCUT2D eigenvalue weighted by molar-refractivity contribution is 5.74. The van der Waals surface area contributed by atoms with Crippen LogP contribution in [0.1, 0.15) is 26.2 Å². The van der Waals surface area contributed by atoms with E-state index in [1.165, 1.54) is 0 Å². The standard InChI is InChI=1S/C5H9NO4.C3H7NO/c6-3(5(9)10)1-2-4(7)8;1-2-3(4)5/h3H,1-2,6H2,(H,7,8)(H,9,10);2H2,1H3,(H2,4,5). The van der Waals surface area contributed by atoms with E-state index in [2.05, 4.69) is 5.73 Å². The van der Waals surface area contributed by atoms with Crippen LogP contribution < -0.4 is 11.5 Å². The molecule has 6 N–H and O–H groups in total. The van der Waals surface area contributed by atoms with Crippen LogP contribution in [0, 0.1) is 0 Å². The molecule has 1 atom stereocenters. The van der Waals surface area contributed by atoms with Gasteiger partial charge >= 0.3 is 11.9 Å². The Kier molecular flexibility index (Phi) is 9.44. The maximum absolute atomic E-state index is 9.99. The van der Waals surface area contributed by atoms with Crippen molar-refractivity contribution in [3.63, 3.8) is 0 Å². The second kappa shape index (κ2) is 8.95. The third-order valence-electron chi connectivity index (χ3n) is 1.33. The number of hydrogen-bond acceptors (Lipinski definition) is 4. The fourth-order valence-electron chi connectivity index (χ4n) is 0.402. The van der Waals surface area contributed by atoms with E-state index in [1.807, 2.05) is 0 Å². The minimum Gasteiger partial charge on any atom is -0.481 e. The highest BCUT2D eigenvalue weighted by atomic mass is 16.4. The molecule has 1 unspecified atom stereocenters. The average molecular weight is 220 g/mol. The second-order valence-electron chi connectivity index (χ2n) is 2.70. The molecule has 0 aromatic rings. The van der Waals surface area contributed by atoms with Crippen LogP contribution in [0.5, 0.6) is 0 Å². The van der Waals surface area contributed by atoms with Gasteiger partial charge in [-0.25, -0.2) is 0 Å². The van der Waals surface area contributed by atoms with Crippen LogP contribution in [0.3, 0.4) is 0 Å². The van der Waals surface area contributed by atoms with Gasteiger partial charge in [0.05, 0.1) is 0 Å². The monoisotopic (exact) mass is 220 g/mol. The SMILES string of the molecule is CCC(N)=O.NC(CCC(=O)O)C(=O)O. The number of carboxylic acid groups (broad SMARTS) is 2. The summed E-state index contributed by atoms with van der Waals surface area (Å²) in [5.41, 5.74) is 9.65. The van der Waals surface area contributed by atoms with Crippen molar-refractivity contribution in [2.75, 3.05) is 0 Å². The Morgan fingerprint density at radius 3 is 1.87 bits per heavy atom. The van der Waals surface area contributed by atoms with Gasteiger partial charge in [0.15, 0.2) is 0 Å². The number of primary amides is 1. The van der Waals surface area contributed by atoms with Crippen LogP contribution in [-0.2, 0) is 14.4 Å². The number of aliphatic carboxylic acids is 2. The first-order valence-electron chi connectivity index (χ1n) is 4.29. The van der Waals surface area contributed by atoms with E-state index in [1.54, 1.807) is 6.92 Å². The van der Waals surface area contributed by atoms with Gasteiger partial charge in [-0.3, -0.25) is 14.4 Å². The number of carboxylic acids is 2. The minimum absolute atomic E-state index is 0.0231. The largest absolute Gasteiger partial charge is 0.481 e. The van der Waals surface area contributed by atoms with Crippen LogP contribution in [-0.4, -0.2) is 34.1 Å². The van der Waals surface area contributed by atoms with Crippen LogP contribution >= 0.6 is 0 Å². The Morgan fingerprint density at radius 2 is 1.67 bits per heavy atom. The van der Waals surface area contributed by atoms with Crippen molar-refractivity contribution in [3.05, 3.63) is 0 Å². The smallest absolute Gasteiger partial charge is 0.320 e. The molecular formula is C8H16N2O5. The molecule has 15 heavy (non-hydrogen) atoms. The number of carbonyl (C=O) groups is 3. The Hall–Kier alpha value is -1.63. The molecule has 0 bridgehead atoms. The zero-order valence-corrected chi connectivity index (χ0v) is 8.47. The van der Waals surface area contributed by atoms with Gasteiger partial charge in [-0.15, -0.1) is 0 Å². The number of hydrogen-bond donors (Lipinski definition) is 4. The Labute approximate surface area is 87.1 Å². The summed E-state index contributed by atoms with van der Waals surface area (Å²) in [6.07, 6.45) is 0.220. The predicted octanol–water partition coefficient (Wildman–Crippen LogP) is -0.855. The molecule has 0 aliphatic heterocycles. The predicted molar refractivity (Wildman–Crippen MR) is 52.0 cm³/mol. The van der Waals surface area contributed by atoms with E-state index in [4.69, 9.17) is 15.9 Å². The van der Waals surface area contributed by atoms with E-state index in [0.29, 0.717) is 6.42 Å². The van der Waals surface area contributed by atoms with Crippen LogP contribution in [0.4, 0.5) is 0 Å². The lowest BCUT2D eigenvalue weighted by Crippen LogP contribution is -2.30. The van der Waals surface area contributed by atoms with Gasteiger partial charge in [0.1, 0.15) is 6.04 Å². The normalized spacial score (nSPS) is 10.8. The molecule has 0 heterocycles. The van der Waals surface area contributed by atoms with Crippen molar-refractivity contribution in [2.45, 2.75) is 32.2 Å². The first-order valence-corrected chi connectivity index (χ1v) is 4.29. The van der Waals surface area contributed by atoms with Gasteiger partial charge in [-0.1, -0.05) is 6.92 Å². The average Bonchev–Trinajstić information content (AvgIpc) is 2.14. The Morgan fingerprint density at radius 1 is 1.27 bits per heavy atom. The Balaban J connectivity index is 0. The first kappa shape index (κ1) is 15.8. The number of carbonyl (C=O) groups excluding carboxylic acids is 1. The van der Waals surface area contributed by atoms with Crippen LogP contribution in [0.15, 0.2) is 0 Å². The lowest BCUT2D eigenvalue weighted by molar-refractivity contribution is -0.139. The van der Waals surface area contributed by atoms with E-state index in [-0.39, 0.29) is 18.7 Å². The molecule has 0 fully saturated rings. The van der Waals surface area contributed by atoms with Gasteiger partial charge in [0.25, 0.3) is 0 Å². The molecule has 0 saturated heterocycles. The van der Waals surface area contributed by atoms with Crippen LogP contribution in [0.25, 0.3) is 0 Å². The summed E-state index contributed by atoms with van der Waals surface area (Å²) in [4.78, 5) is 29.5. The topological polar surface area (TPSA) is 144 Å². The highest BCUT2D eigenvalue weighted by Gasteiger charge is 2.12. The van der Waals surface area contributed by atoms with Crippen molar-refractivity contribution in [1.29, 1.82) is 0 Å². The molecule has 0 rings (SSSR count). The lowest BCUT2D eigenvalue weighted by Gasteiger charge is -2.01. The van der Waals surface area contributed by atoms with Gasteiger partial charge in [-0.2, -0.15) is 0 Å². The summed E-state index contributed by atoms with van der Waals surface area (Å²) in [6, 6.07) is -1.06. The molecule has 88 valence electrons.